The monoisotopic (exact) mass is 684 g/mol. The van der Waals surface area contributed by atoms with Crippen molar-refractivity contribution in [3.63, 3.8) is 0 Å². The minimum atomic E-state index is -4.25. The third kappa shape index (κ3) is 6.61. The van der Waals surface area contributed by atoms with Gasteiger partial charge in [-0.05, 0) is 130 Å². The highest BCUT2D eigenvalue weighted by atomic mass is 31.2. The predicted molar refractivity (Wildman–Crippen MR) is 204 cm³/mol. The first-order valence-electron chi connectivity index (χ1n) is 18.9. The van der Waals surface area contributed by atoms with Crippen LogP contribution < -0.4 is 5.30 Å². The van der Waals surface area contributed by atoms with Gasteiger partial charge in [-0.1, -0.05) is 94.3 Å². The number of ether oxygens (including phenoxy) is 1. The van der Waals surface area contributed by atoms with Crippen molar-refractivity contribution < 1.29 is 18.9 Å². The number of benzene rings is 2. The number of carbonyl (C=O) groups is 2. The summed E-state index contributed by atoms with van der Waals surface area (Å²) >= 11 is 0. The molecule has 0 heterocycles. The second-order valence-corrected chi connectivity index (χ2v) is 19.4. The summed E-state index contributed by atoms with van der Waals surface area (Å²) in [7, 11) is -4.25. The third-order valence-electron chi connectivity index (χ3n) is 13.5. The van der Waals surface area contributed by atoms with Crippen LogP contribution >= 0.6 is 7.14 Å². The lowest BCUT2D eigenvalue weighted by Gasteiger charge is -2.58. The maximum Gasteiger partial charge on any atom is 0.376 e. The smallest absolute Gasteiger partial charge is 0.376 e. The zero-order valence-electron chi connectivity index (χ0n) is 31.5. The van der Waals surface area contributed by atoms with Gasteiger partial charge in [0.1, 0.15) is 6.10 Å². The molecule has 266 valence electrons. The summed E-state index contributed by atoms with van der Waals surface area (Å²) in [6.45, 7) is 24.0. The normalized spacial score (nSPS) is 32.3. The fourth-order valence-electron chi connectivity index (χ4n) is 11.4. The van der Waals surface area contributed by atoms with Gasteiger partial charge in [0.05, 0.1) is 0 Å². The Bertz CT molecular complexity index is 1600. The number of hydrogen-bond acceptors (Lipinski definition) is 4. The number of carbonyl (C=O) groups excluding carboxylic acids is 2. The topological polar surface area (TPSA) is 60.4 Å². The molecular weight excluding hydrogens is 623 g/mol. The number of fused-ring (bicyclic) bond motifs is 5. The Balaban J connectivity index is 0.00000230. The summed E-state index contributed by atoms with van der Waals surface area (Å²) < 4.78 is 21.0. The van der Waals surface area contributed by atoms with Crippen molar-refractivity contribution in [1.82, 2.24) is 0 Å². The summed E-state index contributed by atoms with van der Waals surface area (Å²) in [5, 5.41) is 0.248. The van der Waals surface area contributed by atoms with Crippen LogP contribution in [0.25, 0.3) is 0 Å². The van der Waals surface area contributed by atoms with Crippen LogP contribution in [0, 0.1) is 67.1 Å². The van der Waals surface area contributed by atoms with Crippen molar-refractivity contribution in [3.8, 4) is 0 Å². The molecule has 0 saturated heterocycles. The van der Waals surface area contributed by atoms with Crippen LogP contribution in [-0.2, 0) is 9.30 Å². The van der Waals surface area contributed by atoms with Crippen LogP contribution in [0.4, 0.5) is 4.79 Å². The van der Waals surface area contributed by atoms with Gasteiger partial charge in [-0.3, -0.25) is 9.36 Å². The molecule has 0 N–H and O–H groups in total. The van der Waals surface area contributed by atoms with Crippen LogP contribution in [0.5, 0.6) is 0 Å². The van der Waals surface area contributed by atoms with E-state index in [1.165, 1.54) is 37.7 Å². The van der Waals surface area contributed by atoms with Gasteiger partial charge < -0.3 is 4.74 Å². The van der Waals surface area contributed by atoms with E-state index in [9.17, 15) is 14.2 Å². The summed E-state index contributed by atoms with van der Waals surface area (Å²) in [5.41, 5.74) is 3.36. The minimum absolute atomic E-state index is 0.115. The molecule has 0 amide bonds. The van der Waals surface area contributed by atoms with E-state index < -0.39 is 18.4 Å². The van der Waals surface area contributed by atoms with Crippen molar-refractivity contribution >= 4 is 23.7 Å². The lowest BCUT2D eigenvalue weighted by Crippen LogP contribution is -2.51. The molecular formula is C44H61O4P. The van der Waals surface area contributed by atoms with Gasteiger partial charge in [0.15, 0.2) is 0 Å². The zero-order chi connectivity index (χ0) is 35.9. The largest absolute Gasteiger partial charge is 0.456 e. The summed E-state index contributed by atoms with van der Waals surface area (Å²) in [6, 6.07) is 12.4. The van der Waals surface area contributed by atoms with Crippen LogP contribution in [0.2, 0.25) is 0 Å². The van der Waals surface area contributed by atoms with Crippen LogP contribution in [-0.4, -0.2) is 17.3 Å². The Hall–Kier alpha value is -2.71. The molecule has 6 rings (SSSR count). The van der Waals surface area contributed by atoms with Crippen molar-refractivity contribution in [2.45, 2.75) is 119 Å². The predicted octanol–water partition coefficient (Wildman–Crippen LogP) is 12.0. The van der Waals surface area contributed by atoms with E-state index in [0.29, 0.717) is 23.3 Å². The van der Waals surface area contributed by atoms with Crippen molar-refractivity contribution in [1.29, 1.82) is 0 Å². The van der Waals surface area contributed by atoms with Crippen molar-refractivity contribution in [2.24, 2.45) is 46.3 Å². The van der Waals surface area contributed by atoms with E-state index in [2.05, 4.69) is 53.9 Å². The Morgan fingerprint density at radius 3 is 2.20 bits per heavy atom. The number of allylic oxidation sites excluding steroid dienone is 1. The summed E-state index contributed by atoms with van der Waals surface area (Å²) in [6.07, 6.45) is 12.3. The van der Waals surface area contributed by atoms with E-state index in [-0.39, 0.29) is 16.8 Å². The fourth-order valence-corrected chi connectivity index (χ4v) is 13.6. The molecule has 0 spiro atoms. The molecule has 2 aromatic carbocycles. The molecule has 4 nitrogen and oxygen atoms in total. The molecule has 4 aliphatic rings. The van der Waals surface area contributed by atoms with Crippen LogP contribution in [0.1, 0.15) is 119 Å². The number of aryl methyl sites for hydroxylation is 3. The first kappa shape index (κ1) is 37.5. The third-order valence-corrected chi connectivity index (χ3v) is 15.9. The molecule has 0 aromatic heterocycles. The molecule has 9 atom stereocenters. The average molecular weight is 685 g/mol. The van der Waals surface area contributed by atoms with Crippen molar-refractivity contribution in [3.05, 3.63) is 89.5 Å². The Morgan fingerprint density at radius 2 is 1.57 bits per heavy atom. The van der Waals surface area contributed by atoms with Gasteiger partial charge in [0, 0.05) is 17.3 Å². The van der Waals surface area contributed by atoms with E-state index in [1.807, 2.05) is 39.0 Å². The molecule has 0 radical (unpaired) electrons. The number of rotatable bonds is 8. The van der Waals surface area contributed by atoms with E-state index >= 15 is 0 Å². The van der Waals surface area contributed by atoms with E-state index in [1.54, 1.807) is 24.3 Å². The van der Waals surface area contributed by atoms with Crippen LogP contribution in [0.15, 0.2) is 67.3 Å². The highest BCUT2D eigenvalue weighted by Gasteiger charge is 2.59. The Morgan fingerprint density at radius 1 is 0.918 bits per heavy atom. The average Bonchev–Trinajstić information content (AvgIpc) is 3.42. The molecule has 0 aliphatic heterocycles. The standard InChI is InChI=1S/C42H57O4P.C2H4/c1-26(2)22-28(4)35-16-17-36-34-15-14-31-25-32(18-20-41(31,7)37(34)19-21-42(35,36)8)46-40(44)47(45,33-12-10-9-11-13-33)39(43)38-29(5)23-27(3)24-30(38)6;1-2/h9-14,23-24,26,28,32,34-37H,15-22,25H2,1-8H3;1-2H2. The van der Waals surface area contributed by atoms with Gasteiger partial charge in [0.2, 0.25) is 5.52 Å². The highest BCUT2D eigenvalue weighted by Crippen LogP contribution is 2.67. The molecule has 5 heteroatoms. The molecule has 2 aromatic rings. The first-order valence-corrected chi connectivity index (χ1v) is 20.6. The minimum Gasteiger partial charge on any atom is -0.456 e. The second-order valence-electron chi connectivity index (χ2n) is 16.9. The van der Waals surface area contributed by atoms with Gasteiger partial charge in [-0.2, -0.15) is 0 Å². The molecule has 49 heavy (non-hydrogen) atoms. The molecule has 0 bridgehead atoms. The maximum atomic E-state index is 14.8. The maximum absolute atomic E-state index is 14.8. The highest BCUT2D eigenvalue weighted by molar-refractivity contribution is 8.00. The van der Waals surface area contributed by atoms with Gasteiger partial charge in [-0.25, -0.2) is 4.79 Å². The van der Waals surface area contributed by atoms with Gasteiger partial charge >= 0.3 is 5.71 Å². The van der Waals surface area contributed by atoms with E-state index in [4.69, 9.17) is 4.74 Å². The lowest BCUT2D eigenvalue weighted by molar-refractivity contribution is -0.0578. The van der Waals surface area contributed by atoms with E-state index in [0.717, 1.165) is 65.5 Å². The summed E-state index contributed by atoms with van der Waals surface area (Å²) in [4.78, 5) is 28.3. The summed E-state index contributed by atoms with van der Waals surface area (Å²) in [5.74, 6) is 4.57. The van der Waals surface area contributed by atoms with Crippen molar-refractivity contribution in [2.75, 3.05) is 0 Å². The molecule has 3 saturated carbocycles. The Labute approximate surface area is 296 Å². The lowest BCUT2D eigenvalue weighted by atomic mass is 9.47. The number of hydrogen-bond donors (Lipinski definition) is 0. The molecule has 3 fully saturated rings. The van der Waals surface area contributed by atoms with Gasteiger partial charge in [0.25, 0.3) is 7.14 Å². The second kappa shape index (κ2) is 14.5. The molecule has 9 unspecified atom stereocenters. The van der Waals surface area contributed by atoms with Crippen LogP contribution in [0.3, 0.4) is 0 Å². The fraction of sp³-hybridized carbons (Fsp3) is 0.591. The zero-order valence-corrected chi connectivity index (χ0v) is 32.4. The van der Waals surface area contributed by atoms with Gasteiger partial charge in [-0.15, -0.1) is 13.2 Å². The first-order chi connectivity index (χ1) is 23.2. The SMILES string of the molecule is C=C.Cc1cc(C)c(C(=O)P(=O)(C(=O)OC2CCC3(C)C(=CCC4C3CCC3(C)C(C(C)CC(C)C)CCC43)C2)c2ccccc2)c(C)c1. The Kier molecular flexibility index (Phi) is 11.1. The quantitative estimate of drug-likeness (QED) is 0.205. The molecule has 4 aliphatic carbocycles.